The maximum atomic E-state index is 12.3. The smallest absolute Gasteiger partial charge is 0.270 e. The second-order valence-corrected chi connectivity index (χ2v) is 5.40. The van der Waals surface area contributed by atoms with Crippen molar-refractivity contribution in [2.24, 2.45) is 0 Å². The Morgan fingerprint density at radius 1 is 1.04 bits per heavy atom. The quantitative estimate of drug-likeness (QED) is 0.717. The SMILES string of the molecule is Cc1nc(NCc2ccccn2)cc(C(=O)NCc2ccncc2)n1. The Labute approximate surface area is 145 Å². The predicted octanol–water partition coefficient (Wildman–Crippen LogP) is 2.12. The maximum absolute atomic E-state index is 12.3. The summed E-state index contributed by atoms with van der Waals surface area (Å²) in [5, 5.41) is 6.02. The van der Waals surface area contributed by atoms with Crippen LogP contribution in [0.3, 0.4) is 0 Å². The molecule has 3 aromatic heterocycles. The number of carbonyl (C=O) groups is 1. The third kappa shape index (κ3) is 4.81. The number of hydrogen-bond acceptors (Lipinski definition) is 6. The predicted molar refractivity (Wildman–Crippen MR) is 93.7 cm³/mol. The topological polar surface area (TPSA) is 92.7 Å². The second-order valence-electron chi connectivity index (χ2n) is 5.40. The van der Waals surface area contributed by atoms with Gasteiger partial charge >= 0.3 is 0 Å². The number of carbonyl (C=O) groups excluding carboxylic acids is 1. The van der Waals surface area contributed by atoms with Crippen LogP contribution in [0.15, 0.2) is 55.0 Å². The van der Waals surface area contributed by atoms with Crippen molar-refractivity contribution in [1.29, 1.82) is 0 Å². The van der Waals surface area contributed by atoms with E-state index < -0.39 is 0 Å². The lowest BCUT2D eigenvalue weighted by Crippen LogP contribution is -2.24. The molecule has 0 spiro atoms. The zero-order valence-corrected chi connectivity index (χ0v) is 13.8. The van der Waals surface area contributed by atoms with Gasteiger partial charge in [0.05, 0.1) is 12.2 Å². The molecule has 1 amide bonds. The van der Waals surface area contributed by atoms with Crippen LogP contribution < -0.4 is 10.6 Å². The summed E-state index contributed by atoms with van der Waals surface area (Å²) in [5.74, 6) is 0.871. The summed E-state index contributed by atoms with van der Waals surface area (Å²) in [5.41, 5.74) is 2.19. The van der Waals surface area contributed by atoms with Gasteiger partial charge in [-0.15, -0.1) is 0 Å². The Kier molecular flexibility index (Phi) is 5.26. The number of pyridine rings is 2. The Morgan fingerprint density at radius 3 is 2.64 bits per heavy atom. The van der Waals surface area contributed by atoms with Gasteiger partial charge in [-0.25, -0.2) is 9.97 Å². The Balaban J connectivity index is 1.65. The number of aryl methyl sites for hydroxylation is 1. The van der Waals surface area contributed by atoms with Gasteiger partial charge in [0.25, 0.3) is 5.91 Å². The molecule has 3 rings (SSSR count). The van der Waals surface area contributed by atoms with Gasteiger partial charge in [0, 0.05) is 31.2 Å². The van der Waals surface area contributed by atoms with E-state index in [1.807, 2.05) is 30.3 Å². The highest BCUT2D eigenvalue weighted by molar-refractivity contribution is 5.92. The molecule has 0 radical (unpaired) electrons. The average Bonchev–Trinajstić information content (AvgIpc) is 2.66. The molecule has 126 valence electrons. The first-order valence-electron chi connectivity index (χ1n) is 7.87. The van der Waals surface area contributed by atoms with Crippen LogP contribution in [-0.2, 0) is 13.1 Å². The Morgan fingerprint density at radius 2 is 1.88 bits per heavy atom. The van der Waals surface area contributed by atoms with Crippen molar-refractivity contribution < 1.29 is 4.79 Å². The maximum Gasteiger partial charge on any atom is 0.270 e. The highest BCUT2D eigenvalue weighted by Gasteiger charge is 2.10. The largest absolute Gasteiger partial charge is 0.364 e. The molecule has 2 N–H and O–H groups in total. The normalized spacial score (nSPS) is 10.3. The van der Waals surface area contributed by atoms with E-state index in [2.05, 4.69) is 30.6 Å². The first-order valence-corrected chi connectivity index (χ1v) is 7.87. The molecule has 25 heavy (non-hydrogen) atoms. The lowest BCUT2D eigenvalue weighted by Gasteiger charge is -2.09. The molecule has 0 saturated carbocycles. The molecule has 0 saturated heterocycles. The van der Waals surface area contributed by atoms with Crippen LogP contribution >= 0.6 is 0 Å². The molecule has 0 aliphatic carbocycles. The second kappa shape index (κ2) is 7.96. The van der Waals surface area contributed by atoms with E-state index in [1.165, 1.54) is 0 Å². The molecule has 0 bridgehead atoms. The highest BCUT2D eigenvalue weighted by atomic mass is 16.1. The number of nitrogens with one attached hydrogen (secondary N) is 2. The molecule has 0 aromatic carbocycles. The molecule has 0 fully saturated rings. The summed E-state index contributed by atoms with van der Waals surface area (Å²) in [7, 11) is 0. The van der Waals surface area contributed by atoms with E-state index in [0.717, 1.165) is 11.3 Å². The molecule has 0 atom stereocenters. The van der Waals surface area contributed by atoms with Crippen molar-refractivity contribution in [2.75, 3.05) is 5.32 Å². The minimum atomic E-state index is -0.247. The van der Waals surface area contributed by atoms with Crippen LogP contribution in [0.1, 0.15) is 27.6 Å². The van der Waals surface area contributed by atoms with E-state index in [0.29, 0.717) is 30.4 Å². The van der Waals surface area contributed by atoms with Crippen LogP contribution in [0.4, 0.5) is 5.82 Å². The van der Waals surface area contributed by atoms with Crippen molar-refractivity contribution >= 4 is 11.7 Å². The molecule has 0 aliphatic heterocycles. The van der Waals surface area contributed by atoms with E-state index in [9.17, 15) is 4.79 Å². The third-order valence-corrected chi connectivity index (χ3v) is 3.45. The summed E-state index contributed by atoms with van der Waals surface area (Å²) < 4.78 is 0. The van der Waals surface area contributed by atoms with E-state index in [1.54, 1.807) is 31.6 Å². The minimum Gasteiger partial charge on any atom is -0.364 e. The molecule has 0 aliphatic rings. The number of rotatable bonds is 6. The van der Waals surface area contributed by atoms with Gasteiger partial charge in [0.2, 0.25) is 0 Å². The fraction of sp³-hybridized carbons (Fsp3) is 0.167. The molecule has 7 nitrogen and oxygen atoms in total. The van der Waals surface area contributed by atoms with Crippen LogP contribution in [0, 0.1) is 6.92 Å². The fourth-order valence-electron chi connectivity index (χ4n) is 2.23. The number of anilines is 1. The van der Waals surface area contributed by atoms with Gasteiger partial charge in [-0.05, 0) is 36.8 Å². The van der Waals surface area contributed by atoms with Crippen LogP contribution in [0.25, 0.3) is 0 Å². The summed E-state index contributed by atoms with van der Waals surface area (Å²) in [6.45, 7) is 2.70. The van der Waals surface area contributed by atoms with Gasteiger partial charge in [-0.3, -0.25) is 14.8 Å². The van der Waals surface area contributed by atoms with Crippen LogP contribution in [-0.4, -0.2) is 25.8 Å². The molecule has 3 heterocycles. The monoisotopic (exact) mass is 334 g/mol. The van der Waals surface area contributed by atoms with Crippen molar-refractivity contribution in [3.05, 3.63) is 77.8 Å². The summed E-state index contributed by atoms with van der Waals surface area (Å²) in [4.78, 5) is 29.1. The minimum absolute atomic E-state index is 0.247. The van der Waals surface area contributed by atoms with Crippen LogP contribution in [0.5, 0.6) is 0 Å². The lowest BCUT2D eigenvalue weighted by molar-refractivity contribution is 0.0945. The fourth-order valence-corrected chi connectivity index (χ4v) is 2.23. The third-order valence-electron chi connectivity index (χ3n) is 3.45. The number of aromatic nitrogens is 4. The number of amides is 1. The first-order chi connectivity index (χ1) is 12.2. The van der Waals surface area contributed by atoms with Gasteiger partial charge < -0.3 is 10.6 Å². The van der Waals surface area contributed by atoms with Crippen molar-refractivity contribution in [3.63, 3.8) is 0 Å². The standard InChI is InChI=1S/C18H18N6O/c1-13-23-16(18(25)22-11-14-5-8-19-9-6-14)10-17(24-13)21-12-15-4-2-3-7-20-15/h2-10H,11-12H2,1H3,(H,22,25)(H,21,23,24). The van der Waals surface area contributed by atoms with E-state index in [4.69, 9.17) is 0 Å². The molecule has 0 unspecified atom stereocenters. The average molecular weight is 334 g/mol. The van der Waals surface area contributed by atoms with Crippen LogP contribution in [0.2, 0.25) is 0 Å². The summed E-state index contributed by atoms with van der Waals surface area (Å²) >= 11 is 0. The summed E-state index contributed by atoms with van der Waals surface area (Å²) in [6, 6.07) is 11.1. The number of nitrogens with zero attached hydrogens (tertiary/aromatic N) is 4. The molecular formula is C18H18N6O. The molecule has 3 aromatic rings. The van der Waals surface area contributed by atoms with Gasteiger partial charge in [0.15, 0.2) is 0 Å². The Bertz CT molecular complexity index is 839. The zero-order valence-electron chi connectivity index (χ0n) is 13.8. The van der Waals surface area contributed by atoms with Crippen molar-refractivity contribution in [3.8, 4) is 0 Å². The zero-order chi connectivity index (χ0) is 17.5. The molecule has 7 heteroatoms. The van der Waals surface area contributed by atoms with E-state index >= 15 is 0 Å². The lowest BCUT2D eigenvalue weighted by atomic mass is 10.2. The van der Waals surface area contributed by atoms with Crippen molar-refractivity contribution in [1.82, 2.24) is 25.3 Å². The van der Waals surface area contributed by atoms with E-state index in [-0.39, 0.29) is 5.91 Å². The molecular weight excluding hydrogens is 316 g/mol. The van der Waals surface area contributed by atoms with Gasteiger partial charge in [0.1, 0.15) is 17.3 Å². The first kappa shape index (κ1) is 16.5. The number of hydrogen-bond donors (Lipinski definition) is 2. The van der Waals surface area contributed by atoms with Gasteiger partial charge in [-0.2, -0.15) is 0 Å². The van der Waals surface area contributed by atoms with Gasteiger partial charge in [-0.1, -0.05) is 6.07 Å². The van der Waals surface area contributed by atoms with Crippen molar-refractivity contribution in [2.45, 2.75) is 20.0 Å². The summed E-state index contributed by atoms with van der Waals surface area (Å²) in [6.07, 6.45) is 5.12. The highest BCUT2D eigenvalue weighted by Crippen LogP contribution is 2.09. The Hall–Kier alpha value is -3.35.